The molecule has 0 bridgehead atoms. The number of hydrogen-bond donors (Lipinski definition) is 3. The first-order valence-electron chi connectivity index (χ1n) is 6.80. The average molecular weight is 282 g/mol. The van der Waals surface area contributed by atoms with Crippen molar-refractivity contribution in [1.82, 2.24) is 4.98 Å². The third-order valence-corrected chi connectivity index (χ3v) is 3.97. The molecule has 0 unspecified atom stereocenters. The Labute approximate surface area is 116 Å². The van der Waals surface area contributed by atoms with E-state index in [9.17, 15) is 14.3 Å². The van der Waals surface area contributed by atoms with Crippen molar-refractivity contribution >= 4 is 11.8 Å². The van der Waals surface area contributed by atoms with Gasteiger partial charge in [0.05, 0.1) is 12.8 Å². The first-order chi connectivity index (χ1) is 9.56. The van der Waals surface area contributed by atoms with Crippen molar-refractivity contribution in [3.05, 3.63) is 23.6 Å². The molecule has 1 heterocycles. The number of aliphatic hydroxyl groups is 1. The number of carboxylic acids is 1. The lowest BCUT2D eigenvalue weighted by Gasteiger charge is -2.35. The monoisotopic (exact) mass is 282 g/mol. The van der Waals surface area contributed by atoms with Crippen LogP contribution in [0.25, 0.3) is 0 Å². The molecule has 0 atom stereocenters. The maximum Gasteiger partial charge on any atom is 0.339 e. The Kier molecular flexibility index (Phi) is 4.54. The second-order valence-corrected chi connectivity index (χ2v) is 5.43. The fourth-order valence-corrected chi connectivity index (χ4v) is 2.71. The van der Waals surface area contributed by atoms with Crippen LogP contribution in [0.5, 0.6) is 0 Å². The molecular weight excluding hydrogens is 263 g/mol. The number of aromatic nitrogens is 1. The zero-order valence-corrected chi connectivity index (χ0v) is 11.2. The first kappa shape index (κ1) is 14.7. The predicted octanol–water partition coefficient (Wildman–Crippen LogP) is 2.27. The third-order valence-electron chi connectivity index (χ3n) is 3.97. The van der Waals surface area contributed by atoms with Crippen molar-refractivity contribution in [1.29, 1.82) is 0 Å². The lowest BCUT2D eigenvalue weighted by atomic mass is 9.74. The number of rotatable bonds is 5. The van der Waals surface area contributed by atoms with Gasteiger partial charge in [-0.1, -0.05) is 19.3 Å². The highest BCUT2D eigenvalue weighted by atomic mass is 19.1. The van der Waals surface area contributed by atoms with E-state index < -0.39 is 11.8 Å². The molecule has 1 fully saturated rings. The quantitative estimate of drug-likeness (QED) is 0.771. The van der Waals surface area contributed by atoms with Crippen molar-refractivity contribution in [2.75, 3.05) is 18.5 Å². The van der Waals surface area contributed by atoms with E-state index in [-0.39, 0.29) is 23.4 Å². The smallest absolute Gasteiger partial charge is 0.339 e. The standard InChI is InChI=1S/C14H19FN2O3/c15-10-6-11(13(19)20)12(16-7-10)17-8-14(9-18)4-2-1-3-5-14/h6-7,18H,1-5,8-9H2,(H,16,17)(H,19,20). The van der Waals surface area contributed by atoms with Crippen LogP contribution in [-0.2, 0) is 0 Å². The predicted molar refractivity (Wildman–Crippen MR) is 72.2 cm³/mol. The van der Waals surface area contributed by atoms with Crippen LogP contribution in [0, 0.1) is 11.2 Å². The highest BCUT2D eigenvalue weighted by Gasteiger charge is 2.31. The van der Waals surface area contributed by atoms with Gasteiger partial charge in [0.1, 0.15) is 17.2 Å². The maximum absolute atomic E-state index is 13.1. The van der Waals surface area contributed by atoms with Gasteiger partial charge in [0, 0.05) is 12.0 Å². The van der Waals surface area contributed by atoms with Crippen molar-refractivity contribution in [3.63, 3.8) is 0 Å². The zero-order chi connectivity index (χ0) is 14.6. The van der Waals surface area contributed by atoms with E-state index >= 15 is 0 Å². The second-order valence-electron chi connectivity index (χ2n) is 5.43. The molecule has 0 aromatic carbocycles. The summed E-state index contributed by atoms with van der Waals surface area (Å²) in [6, 6.07) is 0.949. The minimum absolute atomic E-state index is 0.0591. The number of hydrogen-bond acceptors (Lipinski definition) is 4. The van der Waals surface area contributed by atoms with Gasteiger partial charge in [-0.2, -0.15) is 0 Å². The summed E-state index contributed by atoms with van der Waals surface area (Å²) in [5.74, 6) is -1.75. The molecule has 1 saturated carbocycles. The molecule has 0 aliphatic heterocycles. The van der Waals surface area contributed by atoms with Gasteiger partial charge < -0.3 is 15.5 Å². The molecule has 1 aromatic heterocycles. The molecular formula is C14H19FN2O3. The van der Waals surface area contributed by atoms with Crippen LogP contribution in [0.3, 0.4) is 0 Å². The van der Waals surface area contributed by atoms with Crippen LogP contribution in [0.15, 0.2) is 12.3 Å². The zero-order valence-electron chi connectivity index (χ0n) is 11.2. The van der Waals surface area contributed by atoms with Gasteiger partial charge in [-0.05, 0) is 18.9 Å². The number of carbonyl (C=O) groups is 1. The molecule has 0 radical (unpaired) electrons. The van der Waals surface area contributed by atoms with E-state index in [1.165, 1.54) is 0 Å². The largest absolute Gasteiger partial charge is 0.478 e. The Hall–Kier alpha value is -1.69. The fourth-order valence-electron chi connectivity index (χ4n) is 2.71. The first-order valence-corrected chi connectivity index (χ1v) is 6.80. The molecule has 20 heavy (non-hydrogen) atoms. The van der Waals surface area contributed by atoms with E-state index in [0.717, 1.165) is 44.4 Å². The SMILES string of the molecule is O=C(O)c1cc(F)cnc1NCC1(CO)CCCCC1. The second kappa shape index (κ2) is 6.17. The Morgan fingerprint density at radius 3 is 2.70 bits per heavy atom. The Balaban J connectivity index is 2.11. The normalized spacial score (nSPS) is 17.7. The number of anilines is 1. The Morgan fingerprint density at radius 1 is 1.40 bits per heavy atom. The third kappa shape index (κ3) is 3.25. The minimum atomic E-state index is -1.22. The summed E-state index contributed by atoms with van der Waals surface area (Å²) in [5.41, 5.74) is -0.418. The maximum atomic E-state index is 13.1. The highest BCUT2D eigenvalue weighted by molar-refractivity contribution is 5.93. The summed E-state index contributed by atoms with van der Waals surface area (Å²) in [6.07, 6.45) is 6.08. The van der Waals surface area contributed by atoms with Crippen LogP contribution >= 0.6 is 0 Å². The molecule has 2 rings (SSSR count). The summed E-state index contributed by atoms with van der Waals surface area (Å²) in [7, 11) is 0. The number of nitrogens with zero attached hydrogens (tertiary/aromatic N) is 1. The van der Waals surface area contributed by atoms with E-state index in [1.54, 1.807) is 0 Å². The summed E-state index contributed by atoms with van der Waals surface area (Å²) >= 11 is 0. The summed E-state index contributed by atoms with van der Waals surface area (Å²) in [4.78, 5) is 14.9. The van der Waals surface area contributed by atoms with Crippen LogP contribution in [0.1, 0.15) is 42.5 Å². The molecule has 1 aromatic rings. The Bertz CT molecular complexity index is 487. The molecule has 0 spiro atoms. The lowest BCUT2D eigenvalue weighted by Crippen LogP contribution is -2.36. The number of nitrogens with one attached hydrogen (secondary N) is 1. The lowest BCUT2D eigenvalue weighted by molar-refractivity contribution is 0.0696. The molecule has 110 valence electrons. The molecule has 1 aliphatic carbocycles. The summed E-state index contributed by atoms with van der Waals surface area (Å²) in [6.45, 7) is 0.506. The van der Waals surface area contributed by atoms with Gasteiger partial charge in [-0.15, -0.1) is 0 Å². The minimum Gasteiger partial charge on any atom is -0.478 e. The van der Waals surface area contributed by atoms with Gasteiger partial charge in [0.25, 0.3) is 0 Å². The van der Waals surface area contributed by atoms with Gasteiger partial charge in [-0.25, -0.2) is 14.2 Å². The molecule has 0 amide bonds. The van der Waals surface area contributed by atoms with Gasteiger partial charge in [0.15, 0.2) is 0 Å². The van der Waals surface area contributed by atoms with E-state index in [4.69, 9.17) is 5.11 Å². The van der Waals surface area contributed by atoms with Crippen LogP contribution in [0.2, 0.25) is 0 Å². The van der Waals surface area contributed by atoms with Crippen LogP contribution < -0.4 is 5.32 Å². The Morgan fingerprint density at radius 2 is 2.10 bits per heavy atom. The highest BCUT2D eigenvalue weighted by Crippen LogP contribution is 2.36. The van der Waals surface area contributed by atoms with Crippen LogP contribution in [0.4, 0.5) is 10.2 Å². The van der Waals surface area contributed by atoms with E-state index in [0.29, 0.717) is 6.54 Å². The van der Waals surface area contributed by atoms with Crippen molar-refractivity contribution in [2.24, 2.45) is 5.41 Å². The van der Waals surface area contributed by atoms with Gasteiger partial charge >= 0.3 is 5.97 Å². The van der Waals surface area contributed by atoms with Gasteiger partial charge in [-0.3, -0.25) is 0 Å². The van der Waals surface area contributed by atoms with Crippen molar-refractivity contribution < 1.29 is 19.4 Å². The van der Waals surface area contributed by atoms with Gasteiger partial charge in [0.2, 0.25) is 0 Å². The van der Waals surface area contributed by atoms with E-state index in [1.807, 2.05) is 0 Å². The summed E-state index contributed by atoms with van der Waals surface area (Å²) < 4.78 is 13.1. The molecule has 6 heteroatoms. The number of pyridine rings is 1. The van der Waals surface area contributed by atoms with E-state index in [2.05, 4.69) is 10.3 Å². The topological polar surface area (TPSA) is 82.5 Å². The average Bonchev–Trinajstić information content (AvgIpc) is 2.47. The van der Waals surface area contributed by atoms with Crippen molar-refractivity contribution in [3.8, 4) is 0 Å². The molecule has 3 N–H and O–H groups in total. The molecule has 5 nitrogen and oxygen atoms in total. The summed E-state index contributed by atoms with van der Waals surface area (Å²) in [5, 5.41) is 21.6. The van der Waals surface area contributed by atoms with Crippen LogP contribution in [-0.4, -0.2) is 34.3 Å². The number of aliphatic hydroxyl groups excluding tert-OH is 1. The number of carboxylic acid groups (broad SMARTS) is 1. The van der Waals surface area contributed by atoms with Crippen molar-refractivity contribution in [2.45, 2.75) is 32.1 Å². The molecule has 0 saturated heterocycles. The fraction of sp³-hybridized carbons (Fsp3) is 0.571. The molecule has 1 aliphatic rings. The number of aromatic carboxylic acids is 1. The number of halogens is 1.